The highest BCUT2D eigenvalue weighted by Gasteiger charge is 2.05. The topological polar surface area (TPSA) is 59.9 Å². The van der Waals surface area contributed by atoms with Crippen LogP contribution >= 0.6 is 11.6 Å². The zero-order valence-corrected chi connectivity index (χ0v) is 9.17. The monoisotopic (exact) mass is 216 g/mol. The van der Waals surface area contributed by atoms with Gasteiger partial charge in [-0.2, -0.15) is 15.0 Å². The molecule has 6 heteroatoms. The molecular formula is C8H13ClN4O. The molecule has 0 aromatic carbocycles. The normalized spacial score (nSPS) is 10.4. The number of nitrogens with zero attached hydrogens (tertiary/aromatic N) is 3. The molecule has 14 heavy (non-hydrogen) atoms. The number of aromatic nitrogens is 3. The molecule has 1 heterocycles. The molecule has 5 nitrogen and oxygen atoms in total. The fraction of sp³-hybridized carbons (Fsp3) is 0.625. The Morgan fingerprint density at radius 3 is 2.64 bits per heavy atom. The van der Waals surface area contributed by atoms with Crippen molar-refractivity contribution in [3.05, 3.63) is 5.28 Å². The Morgan fingerprint density at radius 1 is 1.36 bits per heavy atom. The lowest BCUT2D eigenvalue weighted by Crippen LogP contribution is -2.13. The van der Waals surface area contributed by atoms with Gasteiger partial charge in [0.25, 0.3) is 0 Å². The highest BCUT2D eigenvalue weighted by atomic mass is 35.5. The summed E-state index contributed by atoms with van der Waals surface area (Å²) in [7, 11) is 0. The number of nitrogens with one attached hydrogen (secondary N) is 1. The van der Waals surface area contributed by atoms with Crippen LogP contribution in [0.15, 0.2) is 0 Å². The molecule has 0 fully saturated rings. The minimum absolute atomic E-state index is 0.131. The Hall–Kier alpha value is -1.10. The van der Waals surface area contributed by atoms with Crippen LogP contribution in [0, 0.1) is 0 Å². The van der Waals surface area contributed by atoms with Crippen LogP contribution in [0.25, 0.3) is 0 Å². The van der Waals surface area contributed by atoms with Gasteiger partial charge in [0.2, 0.25) is 11.2 Å². The second-order valence-electron chi connectivity index (χ2n) is 2.94. The van der Waals surface area contributed by atoms with E-state index in [2.05, 4.69) is 20.3 Å². The molecule has 0 aliphatic heterocycles. The molecule has 0 atom stereocenters. The molecule has 1 rings (SSSR count). The Kier molecular flexibility index (Phi) is 3.88. The van der Waals surface area contributed by atoms with Gasteiger partial charge in [-0.05, 0) is 32.4 Å². The second-order valence-corrected chi connectivity index (χ2v) is 3.28. The van der Waals surface area contributed by atoms with Crippen LogP contribution in [0.4, 0.5) is 5.95 Å². The Morgan fingerprint density at radius 2 is 2.07 bits per heavy atom. The van der Waals surface area contributed by atoms with Crippen molar-refractivity contribution in [1.29, 1.82) is 0 Å². The highest BCUT2D eigenvalue weighted by molar-refractivity contribution is 6.28. The van der Waals surface area contributed by atoms with E-state index >= 15 is 0 Å². The van der Waals surface area contributed by atoms with Gasteiger partial charge < -0.3 is 10.1 Å². The maximum atomic E-state index is 5.69. The minimum atomic E-state index is 0.131. The van der Waals surface area contributed by atoms with Gasteiger partial charge >= 0.3 is 6.01 Å². The summed E-state index contributed by atoms with van der Waals surface area (Å²) >= 11 is 5.69. The first-order valence-corrected chi connectivity index (χ1v) is 4.80. The number of halogens is 1. The number of ether oxygens (including phenoxy) is 1. The molecule has 1 N–H and O–H groups in total. The van der Waals surface area contributed by atoms with Gasteiger partial charge in [0, 0.05) is 6.04 Å². The van der Waals surface area contributed by atoms with E-state index < -0.39 is 0 Å². The lowest BCUT2D eigenvalue weighted by atomic mass is 10.4. The fourth-order valence-electron chi connectivity index (χ4n) is 0.848. The number of hydrogen-bond donors (Lipinski definition) is 1. The van der Waals surface area contributed by atoms with Gasteiger partial charge in [0.15, 0.2) is 0 Å². The van der Waals surface area contributed by atoms with Crippen molar-refractivity contribution in [2.75, 3.05) is 11.9 Å². The van der Waals surface area contributed by atoms with E-state index in [9.17, 15) is 0 Å². The first-order chi connectivity index (χ1) is 6.61. The lowest BCUT2D eigenvalue weighted by Gasteiger charge is -2.08. The first-order valence-electron chi connectivity index (χ1n) is 4.42. The molecule has 1 aromatic heterocycles. The van der Waals surface area contributed by atoms with Gasteiger partial charge in [-0.15, -0.1) is 0 Å². The third-order valence-electron chi connectivity index (χ3n) is 1.28. The molecule has 0 amide bonds. The summed E-state index contributed by atoms with van der Waals surface area (Å²) in [5.74, 6) is 0.434. The van der Waals surface area contributed by atoms with Gasteiger partial charge in [-0.1, -0.05) is 0 Å². The molecule has 0 spiro atoms. The van der Waals surface area contributed by atoms with Crippen molar-refractivity contribution < 1.29 is 4.74 Å². The first kappa shape index (κ1) is 11.0. The summed E-state index contributed by atoms with van der Waals surface area (Å²) in [6.45, 7) is 6.32. The molecule has 0 aliphatic rings. The number of hydrogen-bond acceptors (Lipinski definition) is 5. The SMILES string of the molecule is CCOc1nc(Cl)nc(NC(C)C)n1. The van der Waals surface area contributed by atoms with Crippen molar-refractivity contribution >= 4 is 17.5 Å². The molecule has 0 aliphatic carbocycles. The maximum Gasteiger partial charge on any atom is 0.322 e. The summed E-state index contributed by atoms with van der Waals surface area (Å²) in [5.41, 5.74) is 0. The Labute approximate surface area is 87.9 Å². The van der Waals surface area contributed by atoms with Crippen LogP contribution in [0.1, 0.15) is 20.8 Å². The summed E-state index contributed by atoms with van der Waals surface area (Å²) in [6, 6.07) is 0.485. The summed E-state index contributed by atoms with van der Waals surface area (Å²) in [6.07, 6.45) is 0. The van der Waals surface area contributed by atoms with E-state index in [1.54, 1.807) is 0 Å². The molecule has 0 unspecified atom stereocenters. The van der Waals surface area contributed by atoms with E-state index in [-0.39, 0.29) is 17.3 Å². The molecular weight excluding hydrogens is 204 g/mol. The molecule has 0 saturated heterocycles. The average Bonchev–Trinajstić information content (AvgIpc) is 2.01. The van der Waals surface area contributed by atoms with E-state index in [4.69, 9.17) is 16.3 Å². The van der Waals surface area contributed by atoms with E-state index in [0.29, 0.717) is 12.6 Å². The quantitative estimate of drug-likeness (QED) is 0.831. The molecule has 0 bridgehead atoms. The molecule has 78 valence electrons. The summed E-state index contributed by atoms with van der Waals surface area (Å²) in [4.78, 5) is 11.7. The number of anilines is 1. The van der Waals surface area contributed by atoms with Gasteiger partial charge in [-0.25, -0.2) is 0 Å². The van der Waals surface area contributed by atoms with Crippen molar-refractivity contribution in [3.8, 4) is 6.01 Å². The van der Waals surface area contributed by atoms with Gasteiger partial charge in [0.1, 0.15) is 0 Å². The van der Waals surface area contributed by atoms with Gasteiger partial charge in [0.05, 0.1) is 6.61 Å². The third-order valence-corrected chi connectivity index (χ3v) is 1.45. The van der Waals surface area contributed by atoms with E-state index in [0.717, 1.165) is 0 Å². The predicted octanol–water partition coefficient (Wildman–Crippen LogP) is 1.74. The second kappa shape index (κ2) is 4.95. The standard InChI is InChI=1S/C8H13ClN4O/c1-4-14-8-12-6(9)11-7(13-8)10-5(2)3/h5H,4H2,1-3H3,(H,10,11,12,13). The highest BCUT2D eigenvalue weighted by Crippen LogP contribution is 2.11. The van der Waals surface area contributed by atoms with Crippen LogP contribution in [-0.4, -0.2) is 27.6 Å². The summed E-state index contributed by atoms with van der Waals surface area (Å²) < 4.78 is 5.12. The van der Waals surface area contributed by atoms with Crippen LogP contribution in [-0.2, 0) is 0 Å². The zero-order valence-electron chi connectivity index (χ0n) is 8.41. The smallest absolute Gasteiger partial charge is 0.322 e. The van der Waals surface area contributed by atoms with Crippen LogP contribution < -0.4 is 10.1 Å². The fourth-order valence-corrected chi connectivity index (χ4v) is 1.00. The van der Waals surface area contributed by atoms with E-state index in [1.807, 2.05) is 20.8 Å². The van der Waals surface area contributed by atoms with Crippen molar-refractivity contribution in [3.63, 3.8) is 0 Å². The van der Waals surface area contributed by atoms with Crippen molar-refractivity contribution in [2.45, 2.75) is 26.8 Å². The van der Waals surface area contributed by atoms with E-state index in [1.165, 1.54) is 0 Å². The third kappa shape index (κ3) is 3.33. The Balaban J connectivity index is 2.83. The van der Waals surface area contributed by atoms with Crippen LogP contribution in [0.2, 0.25) is 5.28 Å². The minimum Gasteiger partial charge on any atom is -0.464 e. The van der Waals surface area contributed by atoms with Crippen molar-refractivity contribution in [1.82, 2.24) is 15.0 Å². The maximum absolute atomic E-state index is 5.69. The average molecular weight is 217 g/mol. The zero-order chi connectivity index (χ0) is 10.6. The molecule has 1 aromatic rings. The number of rotatable bonds is 4. The molecule has 0 saturated carbocycles. The van der Waals surface area contributed by atoms with Crippen LogP contribution in [0.5, 0.6) is 6.01 Å². The predicted molar refractivity (Wildman–Crippen MR) is 54.8 cm³/mol. The largest absolute Gasteiger partial charge is 0.464 e. The lowest BCUT2D eigenvalue weighted by molar-refractivity contribution is 0.312. The summed E-state index contributed by atoms with van der Waals surface area (Å²) in [5, 5.41) is 3.15. The Bertz CT molecular complexity index is 305. The van der Waals surface area contributed by atoms with Gasteiger partial charge in [-0.3, -0.25) is 0 Å². The van der Waals surface area contributed by atoms with Crippen LogP contribution in [0.3, 0.4) is 0 Å². The van der Waals surface area contributed by atoms with Crippen molar-refractivity contribution in [2.24, 2.45) is 0 Å². The molecule has 0 radical (unpaired) electrons.